The smallest absolute Gasteiger partial charge is 0.243 e. The number of halogens is 1. The molecule has 0 aliphatic carbocycles. The first-order chi connectivity index (χ1) is 11.9. The van der Waals surface area contributed by atoms with Crippen LogP contribution in [0.15, 0.2) is 41.6 Å². The molecule has 7 nitrogen and oxygen atoms in total. The summed E-state index contributed by atoms with van der Waals surface area (Å²) in [5.41, 5.74) is 0. The van der Waals surface area contributed by atoms with Crippen molar-refractivity contribution in [2.45, 2.75) is 30.3 Å². The van der Waals surface area contributed by atoms with Gasteiger partial charge in [0.25, 0.3) is 0 Å². The molecule has 1 aliphatic rings. The Labute approximate surface area is 145 Å². The highest BCUT2D eigenvalue weighted by molar-refractivity contribution is 7.89. The number of nitrogens with zero attached hydrogens (tertiary/aromatic N) is 3. The molecule has 9 heteroatoms. The van der Waals surface area contributed by atoms with E-state index in [1.54, 1.807) is 19.4 Å². The summed E-state index contributed by atoms with van der Waals surface area (Å²) >= 11 is 0. The van der Waals surface area contributed by atoms with Crippen LogP contribution in [0.1, 0.15) is 18.7 Å². The van der Waals surface area contributed by atoms with Gasteiger partial charge < -0.3 is 9.88 Å². The van der Waals surface area contributed by atoms with Crippen LogP contribution in [0, 0.1) is 5.82 Å². The van der Waals surface area contributed by atoms with Crippen molar-refractivity contribution < 1.29 is 17.6 Å². The number of likely N-dealkylation sites (N-methyl/N-ethyl adjacent to an activating group) is 1. The molecule has 1 amide bonds. The van der Waals surface area contributed by atoms with Gasteiger partial charge in [0.2, 0.25) is 15.9 Å². The summed E-state index contributed by atoms with van der Waals surface area (Å²) in [6.07, 6.45) is 4.32. The normalized spacial score (nSPS) is 18.4. The van der Waals surface area contributed by atoms with E-state index in [1.165, 1.54) is 21.3 Å². The van der Waals surface area contributed by atoms with Crippen LogP contribution in [-0.4, -0.2) is 53.1 Å². The average Bonchev–Trinajstić information content (AvgIpc) is 3.26. The Morgan fingerprint density at radius 2 is 2.12 bits per heavy atom. The maximum Gasteiger partial charge on any atom is 0.243 e. The van der Waals surface area contributed by atoms with E-state index in [0.717, 1.165) is 12.1 Å². The fraction of sp³-hybridized carbons (Fsp3) is 0.375. The molecule has 134 valence electrons. The molecule has 0 saturated carbocycles. The molecule has 1 N–H and O–H groups in total. The number of carbonyl (C=O) groups excluding carboxylic acids is 1. The molecule has 1 fully saturated rings. The monoisotopic (exact) mass is 366 g/mol. The van der Waals surface area contributed by atoms with Crippen molar-refractivity contribution in [3.05, 3.63) is 48.3 Å². The van der Waals surface area contributed by atoms with Crippen LogP contribution in [0.25, 0.3) is 0 Å². The van der Waals surface area contributed by atoms with Crippen molar-refractivity contribution in [1.82, 2.24) is 19.2 Å². The van der Waals surface area contributed by atoms with Crippen molar-refractivity contribution in [3.8, 4) is 0 Å². The zero-order valence-corrected chi connectivity index (χ0v) is 14.5. The highest BCUT2D eigenvalue weighted by atomic mass is 32.2. The van der Waals surface area contributed by atoms with E-state index in [0.29, 0.717) is 18.7 Å². The van der Waals surface area contributed by atoms with Crippen LogP contribution in [0.2, 0.25) is 0 Å². The molecule has 25 heavy (non-hydrogen) atoms. The van der Waals surface area contributed by atoms with Gasteiger partial charge in [-0.05, 0) is 37.1 Å². The third-order valence-corrected chi connectivity index (χ3v) is 6.15. The molecule has 1 aliphatic heterocycles. The molecule has 1 aromatic heterocycles. The molecule has 0 spiro atoms. The molecule has 3 rings (SSSR count). The first-order valence-corrected chi connectivity index (χ1v) is 9.34. The Hall–Kier alpha value is -2.26. The Morgan fingerprint density at radius 3 is 2.76 bits per heavy atom. The standard InChI is InChI=1S/C16H19FN4O3S/c1-20(11-15-18-8-9-19-15)16(22)14-3-2-10-21(14)25(23,24)13-6-4-12(17)5-7-13/h4-9,14H,2-3,10-11H2,1H3,(H,18,19)/t14-/m0/s1. The average molecular weight is 366 g/mol. The molecule has 0 bridgehead atoms. The number of aromatic amines is 1. The highest BCUT2D eigenvalue weighted by Gasteiger charge is 2.40. The minimum Gasteiger partial charge on any atom is -0.347 e. The van der Waals surface area contributed by atoms with Crippen molar-refractivity contribution in [1.29, 1.82) is 0 Å². The lowest BCUT2D eigenvalue weighted by atomic mass is 10.2. The largest absolute Gasteiger partial charge is 0.347 e. The first kappa shape index (κ1) is 17.6. The number of carbonyl (C=O) groups is 1. The summed E-state index contributed by atoms with van der Waals surface area (Å²) in [6.45, 7) is 0.539. The molecule has 1 aromatic carbocycles. The predicted octanol–water partition coefficient (Wildman–Crippen LogP) is 1.36. The fourth-order valence-corrected chi connectivity index (χ4v) is 4.61. The second kappa shape index (κ2) is 6.93. The Bertz CT molecular complexity index is 837. The predicted molar refractivity (Wildman–Crippen MR) is 88.4 cm³/mol. The van der Waals surface area contributed by atoms with Gasteiger partial charge in [-0.15, -0.1) is 0 Å². The van der Waals surface area contributed by atoms with Gasteiger partial charge in [0.05, 0.1) is 11.4 Å². The molecule has 2 heterocycles. The maximum atomic E-state index is 13.1. The Kier molecular flexibility index (Phi) is 4.87. The lowest BCUT2D eigenvalue weighted by Gasteiger charge is -2.27. The third-order valence-electron chi connectivity index (χ3n) is 4.23. The fourth-order valence-electron chi connectivity index (χ4n) is 2.96. The van der Waals surface area contributed by atoms with Gasteiger partial charge in [0, 0.05) is 26.0 Å². The van der Waals surface area contributed by atoms with Crippen molar-refractivity contribution in [2.75, 3.05) is 13.6 Å². The van der Waals surface area contributed by atoms with Crippen LogP contribution in [0.3, 0.4) is 0 Å². The molecule has 0 radical (unpaired) electrons. The van der Waals surface area contributed by atoms with Crippen LogP contribution >= 0.6 is 0 Å². The first-order valence-electron chi connectivity index (χ1n) is 7.90. The van der Waals surface area contributed by atoms with E-state index in [2.05, 4.69) is 9.97 Å². The van der Waals surface area contributed by atoms with Crippen molar-refractivity contribution in [3.63, 3.8) is 0 Å². The van der Waals surface area contributed by atoms with Crippen LogP contribution in [0.5, 0.6) is 0 Å². The van der Waals surface area contributed by atoms with E-state index < -0.39 is 21.9 Å². The zero-order chi connectivity index (χ0) is 18.0. The van der Waals surface area contributed by atoms with Gasteiger partial charge in [0.1, 0.15) is 17.7 Å². The zero-order valence-electron chi connectivity index (χ0n) is 13.7. The SMILES string of the molecule is CN(Cc1ncc[nH]1)C(=O)[C@@H]1CCCN1S(=O)(=O)c1ccc(F)cc1. The van der Waals surface area contributed by atoms with E-state index >= 15 is 0 Å². The lowest BCUT2D eigenvalue weighted by Crippen LogP contribution is -2.46. The number of rotatable bonds is 5. The summed E-state index contributed by atoms with van der Waals surface area (Å²) in [4.78, 5) is 21.2. The van der Waals surface area contributed by atoms with Gasteiger partial charge in [0.15, 0.2) is 0 Å². The third kappa shape index (κ3) is 3.57. The summed E-state index contributed by atoms with van der Waals surface area (Å²) in [6, 6.07) is 3.88. The molecule has 0 unspecified atom stereocenters. The number of amides is 1. The molecule has 1 saturated heterocycles. The number of hydrogen-bond donors (Lipinski definition) is 1. The van der Waals surface area contributed by atoms with Gasteiger partial charge in [-0.2, -0.15) is 4.31 Å². The minimum absolute atomic E-state index is 0.0118. The highest BCUT2D eigenvalue weighted by Crippen LogP contribution is 2.27. The van der Waals surface area contributed by atoms with Gasteiger partial charge >= 0.3 is 0 Å². The second-order valence-corrected chi connectivity index (χ2v) is 7.85. The lowest BCUT2D eigenvalue weighted by molar-refractivity contribution is -0.133. The number of aromatic nitrogens is 2. The van der Waals surface area contributed by atoms with E-state index in [1.807, 2.05) is 0 Å². The van der Waals surface area contributed by atoms with Gasteiger partial charge in [-0.1, -0.05) is 0 Å². The van der Waals surface area contributed by atoms with E-state index in [9.17, 15) is 17.6 Å². The topological polar surface area (TPSA) is 86.4 Å². The number of hydrogen-bond acceptors (Lipinski definition) is 4. The Balaban J connectivity index is 1.79. The summed E-state index contributed by atoms with van der Waals surface area (Å²) in [7, 11) is -2.23. The number of nitrogens with one attached hydrogen (secondary N) is 1. The molecule has 2 aromatic rings. The van der Waals surface area contributed by atoms with Crippen LogP contribution < -0.4 is 0 Å². The summed E-state index contributed by atoms with van der Waals surface area (Å²) < 4.78 is 39.9. The van der Waals surface area contributed by atoms with Gasteiger partial charge in [-0.25, -0.2) is 17.8 Å². The molecular formula is C16H19FN4O3S. The molecule has 1 atom stereocenters. The van der Waals surface area contributed by atoms with Crippen molar-refractivity contribution in [2.24, 2.45) is 0 Å². The minimum atomic E-state index is -3.85. The van der Waals surface area contributed by atoms with Crippen molar-refractivity contribution >= 4 is 15.9 Å². The summed E-state index contributed by atoms with van der Waals surface area (Å²) in [5.74, 6) is -0.160. The van der Waals surface area contributed by atoms with Gasteiger partial charge in [-0.3, -0.25) is 4.79 Å². The van der Waals surface area contributed by atoms with Crippen LogP contribution in [0.4, 0.5) is 4.39 Å². The van der Waals surface area contributed by atoms with Crippen LogP contribution in [-0.2, 0) is 21.4 Å². The number of sulfonamides is 1. The maximum absolute atomic E-state index is 13.1. The van der Waals surface area contributed by atoms with E-state index in [4.69, 9.17) is 0 Å². The quantitative estimate of drug-likeness (QED) is 0.866. The number of benzene rings is 1. The van der Waals surface area contributed by atoms with E-state index in [-0.39, 0.29) is 23.9 Å². The summed E-state index contributed by atoms with van der Waals surface area (Å²) in [5, 5.41) is 0. The second-order valence-electron chi connectivity index (χ2n) is 5.96. The molecular weight excluding hydrogens is 347 g/mol. The number of imidazole rings is 1. The Morgan fingerprint density at radius 1 is 1.40 bits per heavy atom. The number of H-pyrrole nitrogens is 1.